The first-order valence-corrected chi connectivity index (χ1v) is 7.63. The zero-order valence-corrected chi connectivity index (χ0v) is 12.6. The van der Waals surface area contributed by atoms with Crippen molar-refractivity contribution in [3.63, 3.8) is 0 Å². The van der Waals surface area contributed by atoms with Gasteiger partial charge in [-0.2, -0.15) is 0 Å². The van der Waals surface area contributed by atoms with E-state index in [2.05, 4.69) is 49.9 Å². The van der Waals surface area contributed by atoms with E-state index in [4.69, 9.17) is 4.74 Å². The van der Waals surface area contributed by atoms with Gasteiger partial charge in [0.2, 0.25) is 0 Å². The highest BCUT2D eigenvalue weighted by Gasteiger charge is 2.31. The standard InChI is InChI=1S/C17H27NO/c1-4-13-19-16-8-6-7-15(14-16)17(3)9-11-18(5-2)12-10-17/h6-8,14H,4-5,9-13H2,1-3H3. The van der Waals surface area contributed by atoms with E-state index in [0.29, 0.717) is 5.41 Å². The maximum Gasteiger partial charge on any atom is 0.119 e. The van der Waals surface area contributed by atoms with Gasteiger partial charge < -0.3 is 9.64 Å². The molecule has 2 nitrogen and oxygen atoms in total. The summed E-state index contributed by atoms with van der Waals surface area (Å²) in [5, 5.41) is 0. The van der Waals surface area contributed by atoms with Gasteiger partial charge in [-0.25, -0.2) is 0 Å². The van der Waals surface area contributed by atoms with Crippen LogP contribution in [0, 0.1) is 0 Å². The Balaban J connectivity index is 2.08. The number of ether oxygens (including phenoxy) is 1. The molecule has 0 aliphatic carbocycles. The second kappa shape index (κ2) is 6.42. The predicted molar refractivity (Wildman–Crippen MR) is 80.9 cm³/mol. The molecule has 1 aromatic carbocycles. The summed E-state index contributed by atoms with van der Waals surface area (Å²) >= 11 is 0. The molecule has 1 fully saturated rings. The first-order chi connectivity index (χ1) is 9.18. The Bertz CT molecular complexity index is 394. The minimum Gasteiger partial charge on any atom is -0.494 e. The molecule has 19 heavy (non-hydrogen) atoms. The maximum atomic E-state index is 5.76. The van der Waals surface area contributed by atoms with Crippen molar-refractivity contribution in [2.24, 2.45) is 0 Å². The van der Waals surface area contributed by atoms with E-state index in [0.717, 1.165) is 18.8 Å². The smallest absolute Gasteiger partial charge is 0.119 e. The first kappa shape index (κ1) is 14.4. The molecule has 0 N–H and O–H groups in total. The van der Waals surface area contributed by atoms with E-state index in [1.165, 1.54) is 38.0 Å². The van der Waals surface area contributed by atoms with Crippen molar-refractivity contribution in [1.29, 1.82) is 0 Å². The van der Waals surface area contributed by atoms with Gasteiger partial charge in [0.05, 0.1) is 6.61 Å². The molecule has 1 aromatic rings. The lowest BCUT2D eigenvalue weighted by Gasteiger charge is -2.39. The summed E-state index contributed by atoms with van der Waals surface area (Å²) in [7, 11) is 0. The van der Waals surface area contributed by atoms with E-state index in [1.807, 2.05) is 0 Å². The second-order valence-electron chi connectivity index (χ2n) is 5.87. The number of benzene rings is 1. The Labute approximate surface area is 117 Å². The number of hydrogen-bond acceptors (Lipinski definition) is 2. The Morgan fingerprint density at radius 3 is 2.58 bits per heavy atom. The summed E-state index contributed by atoms with van der Waals surface area (Å²) in [4.78, 5) is 2.54. The molecule has 1 saturated heterocycles. The number of hydrogen-bond donors (Lipinski definition) is 0. The molecular formula is C17H27NO. The van der Waals surface area contributed by atoms with Crippen molar-refractivity contribution in [3.05, 3.63) is 29.8 Å². The predicted octanol–water partition coefficient (Wildman–Crippen LogP) is 3.85. The van der Waals surface area contributed by atoms with Crippen molar-refractivity contribution >= 4 is 0 Å². The molecule has 0 radical (unpaired) electrons. The molecule has 0 amide bonds. The minimum atomic E-state index is 0.317. The molecule has 0 unspecified atom stereocenters. The van der Waals surface area contributed by atoms with Crippen LogP contribution in [0.1, 0.15) is 45.6 Å². The van der Waals surface area contributed by atoms with Crippen LogP contribution in [0.15, 0.2) is 24.3 Å². The average Bonchev–Trinajstić information content (AvgIpc) is 2.46. The van der Waals surface area contributed by atoms with Gasteiger partial charge >= 0.3 is 0 Å². The van der Waals surface area contributed by atoms with Gasteiger partial charge in [-0.3, -0.25) is 0 Å². The fourth-order valence-electron chi connectivity index (χ4n) is 2.83. The fourth-order valence-corrected chi connectivity index (χ4v) is 2.83. The van der Waals surface area contributed by atoms with Crippen LogP contribution in [0.5, 0.6) is 5.75 Å². The summed E-state index contributed by atoms with van der Waals surface area (Å²) in [6.07, 6.45) is 3.56. The monoisotopic (exact) mass is 261 g/mol. The minimum absolute atomic E-state index is 0.317. The molecule has 1 heterocycles. The third kappa shape index (κ3) is 3.50. The van der Waals surface area contributed by atoms with Crippen molar-refractivity contribution in [2.75, 3.05) is 26.2 Å². The lowest BCUT2D eigenvalue weighted by atomic mass is 9.74. The summed E-state index contributed by atoms with van der Waals surface area (Å²) in [6, 6.07) is 8.72. The lowest BCUT2D eigenvalue weighted by molar-refractivity contribution is 0.175. The molecule has 0 saturated carbocycles. The lowest BCUT2D eigenvalue weighted by Crippen LogP contribution is -2.40. The molecule has 0 bridgehead atoms. The third-order valence-corrected chi connectivity index (χ3v) is 4.41. The Kier molecular flexibility index (Phi) is 4.87. The van der Waals surface area contributed by atoms with Crippen LogP contribution in [0.3, 0.4) is 0 Å². The largest absolute Gasteiger partial charge is 0.494 e. The molecule has 2 heteroatoms. The third-order valence-electron chi connectivity index (χ3n) is 4.41. The van der Waals surface area contributed by atoms with Crippen LogP contribution in [-0.4, -0.2) is 31.1 Å². The van der Waals surface area contributed by atoms with E-state index in [1.54, 1.807) is 0 Å². The van der Waals surface area contributed by atoms with Crippen molar-refractivity contribution in [2.45, 2.75) is 45.4 Å². The summed E-state index contributed by atoms with van der Waals surface area (Å²) in [6.45, 7) is 11.2. The van der Waals surface area contributed by atoms with Crippen LogP contribution in [0.25, 0.3) is 0 Å². The van der Waals surface area contributed by atoms with Crippen LogP contribution >= 0.6 is 0 Å². The highest BCUT2D eigenvalue weighted by atomic mass is 16.5. The summed E-state index contributed by atoms with van der Waals surface area (Å²) in [5.41, 5.74) is 1.76. The highest BCUT2D eigenvalue weighted by molar-refractivity contribution is 5.34. The Morgan fingerprint density at radius 2 is 1.95 bits per heavy atom. The molecule has 106 valence electrons. The van der Waals surface area contributed by atoms with Gasteiger partial charge in [-0.05, 0) is 62.0 Å². The van der Waals surface area contributed by atoms with E-state index >= 15 is 0 Å². The molecular weight excluding hydrogens is 234 g/mol. The van der Waals surface area contributed by atoms with Crippen LogP contribution in [0.2, 0.25) is 0 Å². The Morgan fingerprint density at radius 1 is 1.21 bits per heavy atom. The number of likely N-dealkylation sites (tertiary alicyclic amines) is 1. The van der Waals surface area contributed by atoms with E-state index < -0.39 is 0 Å². The van der Waals surface area contributed by atoms with Gasteiger partial charge in [0.25, 0.3) is 0 Å². The highest BCUT2D eigenvalue weighted by Crippen LogP contribution is 2.36. The van der Waals surface area contributed by atoms with E-state index in [-0.39, 0.29) is 0 Å². The number of piperidine rings is 1. The summed E-state index contributed by atoms with van der Waals surface area (Å²) < 4.78 is 5.76. The van der Waals surface area contributed by atoms with Crippen molar-refractivity contribution in [1.82, 2.24) is 4.90 Å². The van der Waals surface area contributed by atoms with Crippen LogP contribution in [-0.2, 0) is 5.41 Å². The first-order valence-electron chi connectivity index (χ1n) is 7.63. The second-order valence-corrected chi connectivity index (χ2v) is 5.87. The molecule has 1 aliphatic rings. The van der Waals surface area contributed by atoms with Crippen LogP contribution < -0.4 is 4.74 Å². The number of rotatable bonds is 5. The Hall–Kier alpha value is -1.02. The van der Waals surface area contributed by atoms with Crippen molar-refractivity contribution in [3.8, 4) is 5.75 Å². The average molecular weight is 261 g/mol. The normalized spacial score (nSPS) is 19.3. The van der Waals surface area contributed by atoms with Gasteiger partial charge in [0.15, 0.2) is 0 Å². The number of nitrogens with zero attached hydrogens (tertiary/aromatic N) is 1. The molecule has 1 aliphatic heterocycles. The molecule has 2 rings (SSSR count). The molecule has 0 atom stereocenters. The van der Waals surface area contributed by atoms with E-state index in [9.17, 15) is 0 Å². The zero-order chi connectivity index (χ0) is 13.7. The van der Waals surface area contributed by atoms with Gasteiger partial charge in [-0.15, -0.1) is 0 Å². The van der Waals surface area contributed by atoms with Gasteiger partial charge in [-0.1, -0.05) is 32.9 Å². The van der Waals surface area contributed by atoms with Gasteiger partial charge in [0, 0.05) is 0 Å². The zero-order valence-electron chi connectivity index (χ0n) is 12.6. The fraction of sp³-hybridized carbons (Fsp3) is 0.647. The van der Waals surface area contributed by atoms with Gasteiger partial charge in [0.1, 0.15) is 5.75 Å². The van der Waals surface area contributed by atoms with Crippen LogP contribution in [0.4, 0.5) is 0 Å². The quantitative estimate of drug-likeness (QED) is 0.798. The van der Waals surface area contributed by atoms with Crippen molar-refractivity contribution < 1.29 is 4.74 Å². The SMILES string of the molecule is CCCOc1cccc(C2(C)CCN(CC)CC2)c1. The molecule has 0 aromatic heterocycles. The topological polar surface area (TPSA) is 12.5 Å². The summed E-state index contributed by atoms with van der Waals surface area (Å²) in [5.74, 6) is 1.03. The molecule has 0 spiro atoms. The maximum absolute atomic E-state index is 5.76.